The normalized spacial score (nSPS) is 18.4. The number of aromatic nitrogens is 4. The summed E-state index contributed by atoms with van der Waals surface area (Å²) in [6.07, 6.45) is 0.487. The van der Waals surface area contributed by atoms with Crippen molar-refractivity contribution in [2.75, 3.05) is 0 Å². The molecule has 7 nitrogen and oxygen atoms in total. The van der Waals surface area contributed by atoms with E-state index in [1.54, 1.807) is 12.3 Å². The van der Waals surface area contributed by atoms with E-state index in [9.17, 15) is 26.7 Å². The quantitative estimate of drug-likeness (QED) is 0.532. The number of carbonyl (C=O) groups is 1. The number of rotatable bonds is 5. The monoisotopic (exact) mass is 467 g/mol. The predicted molar refractivity (Wildman–Crippen MR) is 103 cm³/mol. The Morgan fingerprint density at radius 3 is 2.67 bits per heavy atom. The fraction of sp³-hybridized carbons (Fsp3) is 0.429. The number of alkyl halides is 5. The summed E-state index contributed by atoms with van der Waals surface area (Å²) < 4.78 is 70.5. The van der Waals surface area contributed by atoms with Crippen molar-refractivity contribution < 1.29 is 31.2 Å². The maximum absolute atomic E-state index is 13.0. The third-order valence-corrected chi connectivity index (χ3v) is 5.73. The summed E-state index contributed by atoms with van der Waals surface area (Å²) in [5.74, 6) is 0.380. The zero-order valence-corrected chi connectivity index (χ0v) is 17.1. The van der Waals surface area contributed by atoms with Crippen LogP contribution in [0.5, 0.6) is 0 Å². The van der Waals surface area contributed by atoms with Gasteiger partial charge in [0.1, 0.15) is 17.1 Å². The van der Waals surface area contributed by atoms with Crippen molar-refractivity contribution in [3.05, 3.63) is 52.9 Å². The van der Waals surface area contributed by atoms with E-state index < -0.39 is 40.7 Å². The number of aryl methyl sites for hydroxylation is 1. The Labute approximate surface area is 184 Å². The summed E-state index contributed by atoms with van der Waals surface area (Å²) in [6.45, 7) is -3.54. The molecule has 1 N–H and O–H groups in total. The van der Waals surface area contributed by atoms with E-state index in [0.717, 1.165) is 24.1 Å². The molecule has 33 heavy (non-hydrogen) atoms. The molecule has 0 spiro atoms. The van der Waals surface area contributed by atoms with Crippen molar-refractivity contribution in [3.63, 3.8) is 0 Å². The Hall–Kier alpha value is -3.31. The lowest BCUT2D eigenvalue weighted by Crippen LogP contribution is -2.31. The summed E-state index contributed by atoms with van der Waals surface area (Å²) in [7, 11) is 0. The highest BCUT2D eigenvalue weighted by atomic mass is 19.4. The molecule has 0 radical (unpaired) electrons. The molecule has 0 aromatic carbocycles. The maximum atomic E-state index is 13.0. The van der Waals surface area contributed by atoms with Gasteiger partial charge >= 0.3 is 12.7 Å². The van der Waals surface area contributed by atoms with Crippen LogP contribution in [0.15, 0.2) is 28.8 Å². The smallest absolute Gasteiger partial charge is 0.433 e. The summed E-state index contributed by atoms with van der Waals surface area (Å²) in [4.78, 5) is 21.5. The molecular formula is C21H18F5N5O2. The fourth-order valence-electron chi connectivity index (χ4n) is 3.96. The molecule has 1 amide bonds. The molecule has 1 fully saturated rings. The number of pyridine rings is 1. The molecule has 3 aromatic rings. The molecule has 3 heterocycles. The number of oxazole rings is 1. The number of nitrogens with zero attached hydrogens (tertiary/aromatic N) is 4. The van der Waals surface area contributed by atoms with Crippen molar-refractivity contribution in [1.82, 2.24) is 25.1 Å². The van der Waals surface area contributed by atoms with E-state index in [0.29, 0.717) is 48.6 Å². The molecule has 1 atom stereocenters. The van der Waals surface area contributed by atoms with Crippen LogP contribution in [0.3, 0.4) is 0 Å². The van der Waals surface area contributed by atoms with Crippen LogP contribution in [0.2, 0.25) is 0 Å². The van der Waals surface area contributed by atoms with Gasteiger partial charge in [-0.25, -0.2) is 4.98 Å². The van der Waals surface area contributed by atoms with Crippen LogP contribution in [0, 0.1) is 0 Å². The predicted octanol–water partition coefficient (Wildman–Crippen LogP) is 5.03. The molecule has 2 aliphatic carbocycles. The van der Waals surface area contributed by atoms with Crippen LogP contribution in [-0.2, 0) is 12.6 Å². The first kappa shape index (κ1) is 21.5. The van der Waals surface area contributed by atoms with Crippen LogP contribution in [0.1, 0.15) is 77.5 Å². The molecule has 0 aliphatic heterocycles. The highest BCUT2D eigenvalue weighted by molar-refractivity contribution is 5.92. The number of hydrogen-bond donors (Lipinski definition) is 1. The summed E-state index contributed by atoms with van der Waals surface area (Å²) in [5, 5.41) is 5.73. The lowest BCUT2D eigenvalue weighted by molar-refractivity contribution is -0.149. The molecule has 2 aliphatic rings. The minimum Gasteiger partial charge on any atom is -0.441 e. The van der Waals surface area contributed by atoms with Crippen LogP contribution < -0.4 is 5.32 Å². The second-order valence-electron chi connectivity index (χ2n) is 8.12. The molecule has 1 saturated carbocycles. The number of amides is 1. The van der Waals surface area contributed by atoms with Gasteiger partial charge in [0.05, 0.1) is 6.04 Å². The van der Waals surface area contributed by atoms with Gasteiger partial charge in [0.25, 0.3) is 5.91 Å². The van der Waals surface area contributed by atoms with Gasteiger partial charge in [-0.2, -0.15) is 31.7 Å². The van der Waals surface area contributed by atoms with Crippen molar-refractivity contribution in [3.8, 4) is 11.5 Å². The molecule has 0 saturated heterocycles. The van der Waals surface area contributed by atoms with Crippen molar-refractivity contribution in [1.29, 1.82) is 0 Å². The van der Waals surface area contributed by atoms with Gasteiger partial charge in [-0.1, -0.05) is 0 Å². The van der Waals surface area contributed by atoms with E-state index in [1.165, 1.54) is 0 Å². The maximum Gasteiger partial charge on any atom is 0.433 e. The minimum absolute atomic E-state index is 0.315. The summed E-state index contributed by atoms with van der Waals surface area (Å²) in [5.41, 5.74) is -0.263. The molecule has 0 unspecified atom stereocenters. The minimum atomic E-state index is -5.08. The second-order valence-corrected chi connectivity index (χ2v) is 8.12. The Morgan fingerprint density at radius 1 is 1.21 bits per heavy atom. The van der Waals surface area contributed by atoms with Crippen LogP contribution in [0.25, 0.3) is 11.5 Å². The molecule has 5 rings (SSSR count). The first-order chi connectivity index (χ1) is 15.7. The van der Waals surface area contributed by atoms with Gasteiger partial charge in [0.15, 0.2) is 5.69 Å². The van der Waals surface area contributed by atoms with E-state index in [-0.39, 0.29) is 0 Å². The third-order valence-electron chi connectivity index (χ3n) is 5.73. The van der Waals surface area contributed by atoms with Crippen molar-refractivity contribution in [2.24, 2.45) is 0 Å². The first-order valence-electron chi connectivity index (χ1n) is 10.4. The Balaban J connectivity index is 1.39. The highest BCUT2D eigenvalue weighted by Crippen LogP contribution is 2.40. The highest BCUT2D eigenvalue weighted by Gasteiger charge is 2.39. The van der Waals surface area contributed by atoms with Crippen molar-refractivity contribution >= 4 is 5.91 Å². The first-order valence-corrected chi connectivity index (χ1v) is 10.4. The zero-order chi connectivity index (χ0) is 23.3. The van der Waals surface area contributed by atoms with Crippen molar-refractivity contribution in [2.45, 2.75) is 56.8 Å². The van der Waals surface area contributed by atoms with Crippen LogP contribution in [-0.4, -0.2) is 25.7 Å². The lowest BCUT2D eigenvalue weighted by atomic mass is 9.96. The summed E-state index contributed by atoms with van der Waals surface area (Å²) >= 11 is 0. The third kappa shape index (κ3) is 4.21. The molecule has 12 heteroatoms. The number of nitrogens with one attached hydrogen (secondary N) is 1. The van der Waals surface area contributed by atoms with Gasteiger partial charge in [-0.3, -0.25) is 9.78 Å². The van der Waals surface area contributed by atoms with Gasteiger partial charge < -0.3 is 9.73 Å². The Bertz CT molecular complexity index is 1200. The topological polar surface area (TPSA) is 85.8 Å². The Morgan fingerprint density at radius 2 is 2.00 bits per heavy atom. The standard InChI is InChI=1S/C21H18F5N5O2/c22-20(23)31-16(21(24,25)26)9-14(30-31)18(32)28-12-2-1-3-15-17(12)29-19(33-15)11-6-7-27-13(8-11)10-4-5-10/h6-10,12,20H,1-5H2,(H,28,32)/t12-/m1/s1. The molecule has 174 valence electrons. The van der Waals surface area contributed by atoms with Gasteiger partial charge in [-0.15, -0.1) is 0 Å². The number of halogens is 5. The summed E-state index contributed by atoms with van der Waals surface area (Å²) in [6, 6.07) is 3.36. The zero-order valence-electron chi connectivity index (χ0n) is 17.1. The molecule has 3 aromatic heterocycles. The van der Waals surface area contributed by atoms with E-state index in [4.69, 9.17) is 4.42 Å². The molecular weight excluding hydrogens is 449 g/mol. The van der Waals surface area contributed by atoms with E-state index in [2.05, 4.69) is 20.4 Å². The number of fused-ring (bicyclic) bond motifs is 1. The second kappa shape index (κ2) is 7.92. The SMILES string of the molecule is O=C(N[C@@H]1CCCc2oc(-c3ccnc(C4CC4)c3)nc21)c1cc(C(F)(F)F)n(C(F)F)n1. The average molecular weight is 467 g/mol. The van der Waals surface area contributed by atoms with Gasteiger partial charge in [0, 0.05) is 35.9 Å². The Kier molecular flexibility index (Phi) is 5.17. The lowest BCUT2D eigenvalue weighted by Gasteiger charge is -2.20. The van der Waals surface area contributed by atoms with Gasteiger partial charge in [0.2, 0.25) is 5.89 Å². The van der Waals surface area contributed by atoms with Gasteiger partial charge in [-0.05, 0) is 37.8 Å². The largest absolute Gasteiger partial charge is 0.441 e. The number of hydrogen-bond acceptors (Lipinski definition) is 5. The van der Waals surface area contributed by atoms with Crippen LogP contribution >= 0.6 is 0 Å². The molecule has 0 bridgehead atoms. The number of carbonyl (C=O) groups excluding carboxylic acids is 1. The fourth-order valence-corrected chi connectivity index (χ4v) is 3.96. The van der Waals surface area contributed by atoms with Crippen LogP contribution in [0.4, 0.5) is 22.0 Å². The average Bonchev–Trinajstić information content (AvgIpc) is 3.34. The van der Waals surface area contributed by atoms with E-state index in [1.807, 2.05) is 6.07 Å². The van der Waals surface area contributed by atoms with E-state index >= 15 is 0 Å².